The molecular weight excluding hydrogens is 260 g/mol. The van der Waals surface area contributed by atoms with Gasteiger partial charge in [0.05, 0.1) is 24.0 Å². The molecule has 1 aliphatic rings. The van der Waals surface area contributed by atoms with Gasteiger partial charge in [-0.3, -0.25) is 4.79 Å². The van der Waals surface area contributed by atoms with E-state index in [4.69, 9.17) is 10.5 Å². The van der Waals surface area contributed by atoms with Crippen molar-refractivity contribution in [3.05, 3.63) is 23.8 Å². The number of aliphatic hydroxyl groups excluding tert-OH is 1. The Morgan fingerprint density at radius 2 is 2.25 bits per heavy atom. The summed E-state index contributed by atoms with van der Waals surface area (Å²) in [6.07, 6.45) is -0.398. The molecule has 1 aromatic rings. The summed E-state index contributed by atoms with van der Waals surface area (Å²) in [6.45, 7) is 4.35. The molecule has 0 saturated carbocycles. The molecule has 0 radical (unpaired) electrons. The second-order valence-electron chi connectivity index (χ2n) is 5.64. The Labute approximate surface area is 117 Å². The van der Waals surface area contributed by atoms with E-state index in [1.54, 1.807) is 11.0 Å². The van der Waals surface area contributed by atoms with Gasteiger partial charge >= 0.3 is 0 Å². The van der Waals surface area contributed by atoms with Crippen LogP contribution in [0.15, 0.2) is 18.2 Å². The summed E-state index contributed by atoms with van der Waals surface area (Å²) in [6, 6.07) is 4.43. The van der Waals surface area contributed by atoms with Crippen LogP contribution in [0.5, 0.6) is 5.75 Å². The lowest BCUT2D eigenvalue weighted by Gasteiger charge is -2.42. The second kappa shape index (κ2) is 5.30. The van der Waals surface area contributed by atoms with E-state index in [9.17, 15) is 15.0 Å². The highest BCUT2D eigenvalue weighted by Gasteiger charge is 2.35. The molecule has 6 nitrogen and oxygen atoms in total. The summed E-state index contributed by atoms with van der Waals surface area (Å²) in [5.74, 6) is -0.322. The molecule has 1 amide bonds. The molecule has 20 heavy (non-hydrogen) atoms. The minimum absolute atomic E-state index is 0.109. The molecule has 0 spiro atoms. The number of amides is 1. The fraction of sp³-hybridized carbons (Fsp3) is 0.500. The van der Waals surface area contributed by atoms with Crippen LogP contribution in [0.1, 0.15) is 24.2 Å². The highest BCUT2D eigenvalue weighted by molar-refractivity contribution is 5.95. The van der Waals surface area contributed by atoms with E-state index >= 15 is 0 Å². The molecule has 4 N–H and O–H groups in total. The molecule has 6 heteroatoms. The molecule has 110 valence electrons. The minimum Gasteiger partial charge on any atom is -0.506 e. The number of benzene rings is 1. The van der Waals surface area contributed by atoms with E-state index in [-0.39, 0.29) is 24.0 Å². The molecule has 1 aromatic carbocycles. The number of phenols is 1. The zero-order valence-corrected chi connectivity index (χ0v) is 11.7. The lowest BCUT2D eigenvalue weighted by molar-refractivity contribution is -0.139. The predicted molar refractivity (Wildman–Crippen MR) is 74.5 cm³/mol. The van der Waals surface area contributed by atoms with Crippen molar-refractivity contribution < 1.29 is 19.7 Å². The van der Waals surface area contributed by atoms with Crippen molar-refractivity contribution in [1.82, 2.24) is 4.90 Å². The second-order valence-corrected chi connectivity index (χ2v) is 5.64. The van der Waals surface area contributed by atoms with Crippen LogP contribution in [0.25, 0.3) is 0 Å². The summed E-state index contributed by atoms with van der Waals surface area (Å²) in [4.78, 5) is 14.1. The number of carbonyl (C=O) groups is 1. The van der Waals surface area contributed by atoms with Gasteiger partial charge in [0, 0.05) is 18.7 Å². The number of phenolic OH excluding ortho intramolecular Hbond substituents is 1. The van der Waals surface area contributed by atoms with E-state index in [0.717, 1.165) is 0 Å². The molecule has 1 atom stereocenters. The number of hydrogen-bond donors (Lipinski definition) is 3. The van der Waals surface area contributed by atoms with Crippen LogP contribution in [-0.4, -0.2) is 52.4 Å². The van der Waals surface area contributed by atoms with Crippen molar-refractivity contribution in [3.8, 4) is 5.75 Å². The largest absolute Gasteiger partial charge is 0.506 e. The lowest BCUT2D eigenvalue weighted by atomic mass is 10.0. The first-order valence-electron chi connectivity index (χ1n) is 6.49. The predicted octanol–water partition coefficient (Wildman–Crippen LogP) is 0.586. The maximum atomic E-state index is 12.4. The van der Waals surface area contributed by atoms with Gasteiger partial charge in [-0.1, -0.05) is 0 Å². The standard InChI is InChI=1S/C14H20N2O4/c1-14(2)8-16(6-10(7-17)20-14)13(19)9-3-4-11(15)12(18)5-9/h3-5,10,17-18H,6-8,15H2,1-2H3. The van der Waals surface area contributed by atoms with E-state index < -0.39 is 11.7 Å². The number of nitrogens with two attached hydrogens (primary N) is 1. The van der Waals surface area contributed by atoms with Gasteiger partial charge in [0.1, 0.15) is 5.75 Å². The topological polar surface area (TPSA) is 96.0 Å². The quantitative estimate of drug-likeness (QED) is 0.544. The van der Waals surface area contributed by atoms with Gasteiger partial charge in [0.25, 0.3) is 5.91 Å². The smallest absolute Gasteiger partial charge is 0.254 e. The monoisotopic (exact) mass is 280 g/mol. The first-order valence-corrected chi connectivity index (χ1v) is 6.49. The third-order valence-electron chi connectivity index (χ3n) is 3.25. The molecule has 2 rings (SSSR count). The average molecular weight is 280 g/mol. The lowest BCUT2D eigenvalue weighted by Crippen LogP contribution is -2.55. The zero-order valence-electron chi connectivity index (χ0n) is 11.7. The Morgan fingerprint density at radius 1 is 1.55 bits per heavy atom. The Bertz CT molecular complexity index is 516. The molecule has 0 aliphatic carbocycles. The van der Waals surface area contributed by atoms with Crippen molar-refractivity contribution in [3.63, 3.8) is 0 Å². The van der Waals surface area contributed by atoms with E-state index in [0.29, 0.717) is 18.7 Å². The Balaban J connectivity index is 2.21. The number of nitrogen functional groups attached to an aromatic ring is 1. The number of aliphatic hydroxyl groups is 1. The van der Waals surface area contributed by atoms with Gasteiger partial charge in [0.2, 0.25) is 0 Å². The normalized spacial score (nSPS) is 21.8. The van der Waals surface area contributed by atoms with E-state index in [2.05, 4.69) is 0 Å². The number of hydrogen-bond acceptors (Lipinski definition) is 5. The number of nitrogens with zero attached hydrogens (tertiary/aromatic N) is 1. The van der Waals surface area contributed by atoms with Crippen LogP contribution >= 0.6 is 0 Å². The Kier molecular flexibility index (Phi) is 3.87. The fourth-order valence-corrected chi connectivity index (χ4v) is 2.40. The molecule has 1 unspecified atom stereocenters. The SMILES string of the molecule is CC1(C)CN(C(=O)c2ccc(N)c(O)c2)CC(CO)O1. The van der Waals surface area contributed by atoms with Gasteiger partial charge in [-0.2, -0.15) is 0 Å². The van der Waals surface area contributed by atoms with Crippen molar-refractivity contribution in [2.75, 3.05) is 25.4 Å². The van der Waals surface area contributed by atoms with Gasteiger partial charge in [-0.05, 0) is 32.0 Å². The van der Waals surface area contributed by atoms with Gasteiger partial charge in [0.15, 0.2) is 0 Å². The minimum atomic E-state index is -0.517. The number of ether oxygens (including phenoxy) is 1. The zero-order chi connectivity index (χ0) is 14.9. The van der Waals surface area contributed by atoms with Crippen molar-refractivity contribution in [2.45, 2.75) is 25.6 Å². The molecule has 1 fully saturated rings. The van der Waals surface area contributed by atoms with Crippen molar-refractivity contribution >= 4 is 11.6 Å². The number of aromatic hydroxyl groups is 1. The maximum Gasteiger partial charge on any atom is 0.254 e. The summed E-state index contributed by atoms with van der Waals surface area (Å²) in [7, 11) is 0. The van der Waals surface area contributed by atoms with Crippen LogP contribution in [0, 0.1) is 0 Å². The van der Waals surface area contributed by atoms with Crippen molar-refractivity contribution in [2.24, 2.45) is 0 Å². The number of carbonyl (C=O) groups excluding carboxylic acids is 1. The first kappa shape index (κ1) is 14.6. The van der Waals surface area contributed by atoms with Crippen LogP contribution < -0.4 is 5.73 Å². The fourth-order valence-electron chi connectivity index (χ4n) is 2.40. The Morgan fingerprint density at radius 3 is 2.85 bits per heavy atom. The van der Waals surface area contributed by atoms with Gasteiger partial charge in [-0.15, -0.1) is 0 Å². The van der Waals surface area contributed by atoms with Crippen LogP contribution in [-0.2, 0) is 4.74 Å². The summed E-state index contributed by atoms with van der Waals surface area (Å²) < 4.78 is 5.67. The summed E-state index contributed by atoms with van der Waals surface area (Å²) >= 11 is 0. The summed E-state index contributed by atoms with van der Waals surface area (Å²) in [5, 5.41) is 18.8. The number of anilines is 1. The van der Waals surface area contributed by atoms with Crippen LogP contribution in [0.2, 0.25) is 0 Å². The van der Waals surface area contributed by atoms with Crippen molar-refractivity contribution in [1.29, 1.82) is 0 Å². The molecule has 0 bridgehead atoms. The highest BCUT2D eigenvalue weighted by atomic mass is 16.5. The molecule has 1 saturated heterocycles. The maximum absolute atomic E-state index is 12.4. The van der Waals surface area contributed by atoms with Crippen LogP contribution in [0.3, 0.4) is 0 Å². The number of morpholine rings is 1. The average Bonchev–Trinajstić information content (AvgIpc) is 2.39. The highest BCUT2D eigenvalue weighted by Crippen LogP contribution is 2.25. The molecule has 0 aromatic heterocycles. The van der Waals surface area contributed by atoms with Gasteiger partial charge < -0.3 is 25.6 Å². The van der Waals surface area contributed by atoms with E-state index in [1.165, 1.54) is 12.1 Å². The number of rotatable bonds is 2. The molecule has 1 heterocycles. The van der Waals surface area contributed by atoms with E-state index in [1.807, 2.05) is 13.8 Å². The molecular formula is C14H20N2O4. The summed E-state index contributed by atoms with van der Waals surface area (Å²) in [5.41, 5.74) is 5.61. The third-order valence-corrected chi connectivity index (χ3v) is 3.25. The Hall–Kier alpha value is -1.79. The molecule has 1 aliphatic heterocycles. The van der Waals surface area contributed by atoms with Crippen LogP contribution in [0.4, 0.5) is 5.69 Å². The third kappa shape index (κ3) is 3.02. The van der Waals surface area contributed by atoms with Gasteiger partial charge in [-0.25, -0.2) is 0 Å². The first-order chi connectivity index (χ1) is 9.32.